The summed E-state index contributed by atoms with van der Waals surface area (Å²) in [4.78, 5) is 27.1. The molecule has 0 radical (unpaired) electrons. The van der Waals surface area contributed by atoms with Crippen LogP contribution in [0.3, 0.4) is 0 Å². The van der Waals surface area contributed by atoms with Gasteiger partial charge < -0.3 is 19.9 Å². The molecule has 0 aromatic heterocycles. The third-order valence-electron chi connectivity index (χ3n) is 4.08. The van der Waals surface area contributed by atoms with Gasteiger partial charge in [0.1, 0.15) is 6.61 Å². The Morgan fingerprint density at radius 2 is 1.86 bits per heavy atom. The highest BCUT2D eigenvalue weighted by atomic mass is 16.6. The van der Waals surface area contributed by atoms with Crippen LogP contribution in [0.4, 0.5) is 16.2 Å². The number of hydrogen-bond donors (Lipinski definition) is 1. The van der Waals surface area contributed by atoms with Gasteiger partial charge in [0.15, 0.2) is 0 Å². The van der Waals surface area contributed by atoms with Crippen molar-refractivity contribution in [3.63, 3.8) is 0 Å². The minimum atomic E-state index is -0.331. The molecule has 2 fully saturated rings. The van der Waals surface area contributed by atoms with Crippen molar-refractivity contribution in [2.75, 3.05) is 43.0 Å². The number of rotatable bonds is 5. The molecule has 2 aliphatic heterocycles. The van der Waals surface area contributed by atoms with E-state index in [0.29, 0.717) is 19.7 Å². The molecular weight excluding hydrogens is 282 g/mol. The Hall–Kier alpha value is -2.24. The Morgan fingerprint density at radius 3 is 2.50 bits per heavy atom. The van der Waals surface area contributed by atoms with E-state index in [1.54, 1.807) is 4.90 Å². The van der Waals surface area contributed by atoms with Crippen molar-refractivity contribution >= 4 is 23.4 Å². The molecule has 118 valence electrons. The number of carbonyl (C=O) groups excluding carboxylic acids is 2. The second-order valence-electron chi connectivity index (χ2n) is 5.64. The summed E-state index contributed by atoms with van der Waals surface area (Å²) >= 11 is 0. The molecule has 0 spiro atoms. The SMILES string of the molecule is O=C(CCN1CCOC1=O)Nc1ccc(N2CCCC2)cc1. The van der Waals surface area contributed by atoms with Crippen LogP contribution in [0, 0.1) is 0 Å². The molecule has 2 aliphatic rings. The summed E-state index contributed by atoms with van der Waals surface area (Å²) in [5.41, 5.74) is 1.99. The van der Waals surface area contributed by atoms with Crippen LogP contribution in [-0.2, 0) is 9.53 Å². The van der Waals surface area contributed by atoms with E-state index in [9.17, 15) is 9.59 Å². The van der Waals surface area contributed by atoms with Gasteiger partial charge in [-0.2, -0.15) is 0 Å². The zero-order valence-corrected chi connectivity index (χ0v) is 12.6. The van der Waals surface area contributed by atoms with Crippen LogP contribution >= 0.6 is 0 Å². The molecule has 1 N–H and O–H groups in total. The normalized spacial score (nSPS) is 17.7. The van der Waals surface area contributed by atoms with E-state index >= 15 is 0 Å². The number of hydrogen-bond acceptors (Lipinski definition) is 4. The van der Waals surface area contributed by atoms with Gasteiger partial charge in [0.05, 0.1) is 6.54 Å². The highest BCUT2D eigenvalue weighted by Gasteiger charge is 2.22. The average molecular weight is 303 g/mol. The molecule has 2 saturated heterocycles. The van der Waals surface area contributed by atoms with E-state index in [-0.39, 0.29) is 18.4 Å². The average Bonchev–Trinajstić information content (AvgIpc) is 3.18. The number of amides is 2. The summed E-state index contributed by atoms with van der Waals surface area (Å²) in [5, 5.41) is 2.86. The first kappa shape index (κ1) is 14.7. The lowest BCUT2D eigenvalue weighted by atomic mass is 10.2. The largest absolute Gasteiger partial charge is 0.448 e. The Morgan fingerprint density at radius 1 is 1.14 bits per heavy atom. The number of benzene rings is 1. The van der Waals surface area contributed by atoms with Crippen molar-refractivity contribution < 1.29 is 14.3 Å². The van der Waals surface area contributed by atoms with Gasteiger partial charge in [-0.25, -0.2) is 4.79 Å². The van der Waals surface area contributed by atoms with Gasteiger partial charge in [-0.3, -0.25) is 4.79 Å². The summed E-state index contributed by atoms with van der Waals surface area (Å²) in [6.07, 6.45) is 2.44. The summed E-state index contributed by atoms with van der Waals surface area (Å²) in [6.45, 7) is 3.60. The maximum atomic E-state index is 11.9. The second-order valence-corrected chi connectivity index (χ2v) is 5.64. The molecule has 2 amide bonds. The molecule has 0 unspecified atom stereocenters. The lowest BCUT2D eigenvalue weighted by Gasteiger charge is -2.18. The van der Waals surface area contributed by atoms with Crippen molar-refractivity contribution in [3.05, 3.63) is 24.3 Å². The fraction of sp³-hybridized carbons (Fsp3) is 0.500. The molecule has 1 aromatic carbocycles. The zero-order chi connectivity index (χ0) is 15.4. The van der Waals surface area contributed by atoms with Crippen molar-refractivity contribution in [1.82, 2.24) is 4.90 Å². The minimum absolute atomic E-state index is 0.0892. The van der Waals surface area contributed by atoms with E-state index in [4.69, 9.17) is 4.74 Å². The van der Waals surface area contributed by atoms with Crippen LogP contribution in [0.25, 0.3) is 0 Å². The van der Waals surface area contributed by atoms with Crippen LogP contribution in [-0.4, -0.2) is 49.7 Å². The molecule has 0 atom stereocenters. The summed E-state index contributed by atoms with van der Waals surface area (Å²) < 4.78 is 4.83. The summed E-state index contributed by atoms with van der Waals surface area (Å²) in [7, 11) is 0. The molecule has 0 aliphatic carbocycles. The smallest absolute Gasteiger partial charge is 0.409 e. The number of nitrogens with zero attached hydrogens (tertiary/aromatic N) is 2. The molecule has 6 nitrogen and oxygen atoms in total. The Kier molecular flexibility index (Phi) is 4.46. The monoisotopic (exact) mass is 303 g/mol. The van der Waals surface area contributed by atoms with Crippen LogP contribution in [0.2, 0.25) is 0 Å². The maximum Gasteiger partial charge on any atom is 0.409 e. The second kappa shape index (κ2) is 6.68. The third kappa shape index (κ3) is 3.50. The standard InChI is InChI=1S/C16H21N3O3/c20-15(7-10-19-11-12-22-16(19)21)17-13-3-5-14(6-4-13)18-8-1-2-9-18/h3-6H,1-2,7-12H2,(H,17,20). The molecule has 1 aromatic rings. The predicted molar refractivity (Wildman–Crippen MR) is 84.1 cm³/mol. The molecule has 0 bridgehead atoms. The van der Waals surface area contributed by atoms with Gasteiger partial charge >= 0.3 is 6.09 Å². The van der Waals surface area contributed by atoms with E-state index in [0.717, 1.165) is 18.8 Å². The third-order valence-corrected chi connectivity index (χ3v) is 4.08. The van der Waals surface area contributed by atoms with Gasteiger partial charge in [-0.05, 0) is 37.1 Å². The van der Waals surface area contributed by atoms with Crippen molar-refractivity contribution in [3.8, 4) is 0 Å². The molecule has 0 saturated carbocycles. The molecule has 22 heavy (non-hydrogen) atoms. The molecule has 2 heterocycles. The van der Waals surface area contributed by atoms with Crippen LogP contribution in [0.15, 0.2) is 24.3 Å². The van der Waals surface area contributed by atoms with Crippen molar-refractivity contribution in [2.45, 2.75) is 19.3 Å². The maximum absolute atomic E-state index is 11.9. The van der Waals surface area contributed by atoms with Gasteiger partial charge in [-0.15, -0.1) is 0 Å². The van der Waals surface area contributed by atoms with E-state index < -0.39 is 0 Å². The number of cyclic esters (lactones) is 1. The first-order valence-electron chi connectivity index (χ1n) is 7.79. The fourth-order valence-electron chi connectivity index (χ4n) is 2.82. The van der Waals surface area contributed by atoms with Gasteiger partial charge in [-0.1, -0.05) is 0 Å². The van der Waals surface area contributed by atoms with E-state index in [1.165, 1.54) is 18.5 Å². The number of ether oxygens (including phenoxy) is 1. The van der Waals surface area contributed by atoms with Crippen molar-refractivity contribution in [2.24, 2.45) is 0 Å². The van der Waals surface area contributed by atoms with Crippen LogP contribution in [0.1, 0.15) is 19.3 Å². The van der Waals surface area contributed by atoms with Crippen molar-refractivity contribution in [1.29, 1.82) is 0 Å². The van der Waals surface area contributed by atoms with Gasteiger partial charge in [0, 0.05) is 37.4 Å². The summed E-state index contributed by atoms with van der Waals surface area (Å²) in [6, 6.07) is 7.93. The Labute approximate surface area is 130 Å². The van der Waals surface area contributed by atoms with Gasteiger partial charge in [0.25, 0.3) is 0 Å². The Balaban J connectivity index is 1.47. The quantitative estimate of drug-likeness (QED) is 0.904. The Bertz CT molecular complexity index is 538. The van der Waals surface area contributed by atoms with E-state index in [2.05, 4.69) is 10.2 Å². The number of carbonyl (C=O) groups is 2. The molecule has 6 heteroatoms. The highest BCUT2D eigenvalue weighted by Crippen LogP contribution is 2.22. The number of nitrogens with one attached hydrogen (secondary N) is 1. The molecular formula is C16H21N3O3. The minimum Gasteiger partial charge on any atom is -0.448 e. The van der Waals surface area contributed by atoms with Gasteiger partial charge in [0.2, 0.25) is 5.91 Å². The lowest BCUT2D eigenvalue weighted by Crippen LogP contribution is -2.28. The van der Waals surface area contributed by atoms with E-state index in [1.807, 2.05) is 24.3 Å². The molecule has 3 rings (SSSR count). The topological polar surface area (TPSA) is 61.9 Å². The summed E-state index contributed by atoms with van der Waals surface area (Å²) in [5.74, 6) is -0.0892. The first-order valence-corrected chi connectivity index (χ1v) is 7.79. The predicted octanol–water partition coefficient (Wildman–Crippen LogP) is 2.07. The zero-order valence-electron chi connectivity index (χ0n) is 12.6. The fourth-order valence-corrected chi connectivity index (χ4v) is 2.82. The number of anilines is 2. The van der Waals surface area contributed by atoms with Crippen LogP contribution in [0.5, 0.6) is 0 Å². The lowest BCUT2D eigenvalue weighted by molar-refractivity contribution is -0.116. The highest BCUT2D eigenvalue weighted by molar-refractivity contribution is 5.91. The first-order chi connectivity index (χ1) is 10.7. The van der Waals surface area contributed by atoms with Crippen LogP contribution < -0.4 is 10.2 Å².